The molecule has 2 N–H and O–H groups in total. The molecule has 0 bridgehead atoms. The number of thioether (sulfide) groups is 1. The van der Waals surface area contributed by atoms with Crippen LogP contribution in [0.25, 0.3) is 0 Å². The summed E-state index contributed by atoms with van der Waals surface area (Å²) in [5.41, 5.74) is 1.20. The van der Waals surface area contributed by atoms with E-state index in [0.717, 1.165) is 0 Å². The van der Waals surface area contributed by atoms with E-state index in [-0.39, 0.29) is 16.6 Å². The zero-order valence-corrected chi connectivity index (χ0v) is 12.8. The van der Waals surface area contributed by atoms with Gasteiger partial charge in [0.25, 0.3) is 5.91 Å². The van der Waals surface area contributed by atoms with Crippen LogP contribution < -0.4 is 10.6 Å². The largest absolute Gasteiger partial charge is 0.351 e. The molecule has 2 amide bonds. The van der Waals surface area contributed by atoms with Crippen molar-refractivity contribution in [1.29, 1.82) is 0 Å². The molecule has 0 saturated heterocycles. The summed E-state index contributed by atoms with van der Waals surface area (Å²) in [5.74, 6) is -0.391. The zero-order valence-electron chi connectivity index (χ0n) is 12.0. The van der Waals surface area contributed by atoms with Crippen LogP contribution in [0, 0.1) is 0 Å². The van der Waals surface area contributed by atoms with Gasteiger partial charge in [-0.15, -0.1) is 0 Å². The minimum atomic E-state index is -0.274. The number of anilines is 1. The summed E-state index contributed by atoms with van der Waals surface area (Å²) in [6.07, 6.45) is 3.22. The van der Waals surface area contributed by atoms with Crippen molar-refractivity contribution in [3.05, 3.63) is 42.5 Å². The maximum Gasteiger partial charge on any atom is 0.251 e. The Morgan fingerprint density at radius 3 is 2.40 bits per heavy atom. The highest BCUT2D eigenvalue weighted by Crippen LogP contribution is 2.19. The number of carbonyl (C=O) groups is 2. The van der Waals surface area contributed by atoms with Crippen LogP contribution >= 0.6 is 11.8 Å². The van der Waals surface area contributed by atoms with Crippen molar-refractivity contribution in [2.45, 2.75) is 18.6 Å². The molecule has 1 aromatic rings. The molecule has 1 rings (SSSR count). The first-order valence-electron chi connectivity index (χ1n) is 6.25. The molecule has 0 aliphatic rings. The summed E-state index contributed by atoms with van der Waals surface area (Å²) in [6, 6.07) is 6.74. The Kier molecular flexibility index (Phi) is 5.82. The second kappa shape index (κ2) is 7.14. The lowest BCUT2D eigenvalue weighted by molar-refractivity contribution is -0.111. The van der Waals surface area contributed by atoms with Crippen LogP contribution in [0.15, 0.2) is 36.9 Å². The first kappa shape index (κ1) is 16.3. The molecule has 0 spiro atoms. The number of rotatable bonds is 6. The second-order valence-corrected chi connectivity index (χ2v) is 6.43. The van der Waals surface area contributed by atoms with Gasteiger partial charge in [-0.25, -0.2) is 0 Å². The van der Waals surface area contributed by atoms with E-state index in [0.29, 0.717) is 17.8 Å². The third kappa shape index (κ3) is 5.09. The van der Waals surface area contributed by atoms with E-state index in [1.165, 1.54) is 6.08 Å². The fraction of sp³-hybridized carbons (Fsp3) is 0.333. The third-order valence-electron chi connectivity index (χ3n) is 2.83. The van der Waals surface area contributed by atoms with E-state index in [1.54, 1.807) is 36.0 Å². The van der Waals surface area contributed by atoms with E-state index in [1.807, 2.05) is 6.26 Å². The summed E-state index contributed by atoms with van der Waals surface area (Å²) < 4.78 is 0.00748. The fourth-order valence-electron chi connectivity index (χ4n) is 1.37. The van der Waals surface area contributed by atoms with Crippen LogP contribution in [0.3, 0.4) is 0 Å². The van der Waals surface area contributed by atoms with Gasteiger partial charge in [-0.2, -0.15) is 11.8 Å². The number of benzene rings is 1. The third-order valence-corrected chi connectivity index (χ3v) is 4.08. The van der Waals surface area contributed by atoms with Gasteiger partial charge in [0.1, 0.15) is 0 Å². The SMILES string of the molecule is C=CC(=O)Nc1ccc(C(=O)NCC(C)(C)SC)cc1. The van der Waals surface area contributed by atoms with E-state index in [4.69, 9.17) is 0 Å². The van der Waals surface area contributed by atoms with Gasteiger partial charge in [0, 0.05) is 22.5 Å². The monoisotopic (exact) mass is 292 g/mol. The lowest BCUT2D eigenvalue weighted by atomic mass is 10.1. The molecule has 108 valence electrons. The molecule has 0 aromatic heterocycles. The maximum atomic E-state index is 12.0. The van der Waals surface area contributed by atoms with Gasteiger partial charge < -0.3 is 10.6 Å². The molecule has 5 heteroatoms. The minimum Gasteiger partial charge on any atom is -0.351 e. The number of hydrogen-bond donors (Lipinski definition) is 2. The highest BCUT2D eigenvalue weighted by atomic mass is 32.2. The molecule has 0 unspecified atom stereocenters. The molecule has 1 aromatic carbocycles. The number of amides is 2. The van der Waals surface area contributed by atoms with Gasteiger partial charge in [-0.1, -0.05) is 6.58 Å². The topological polar surface area (TPSA) is 58.2 Å². The highest BCUT2D eigenvalue weighted by molar-refractivity contribution is 7.99. The van der Waals surface area contributed by atoms with Gasteiger partial charge in [0.15, 0.2) is 0 Å². The first-order valence-corrected chi connectivity index (χ1v) is 7.47. The quantitative estimate of drug-likeness (QED) is 0.793. The Hall–Kier alpha value is -1.75. The van der Waals surface area contributed by atoms with Gasteiger partial charge in [-0.3, -0.25) is 9.59 Å². The molecular formula is C15H20N2O2S. The lowest BCUT2D eigenvalue weighted by Crippen LogP contribution is -2.36. The summed E-state index contributed by atoms with van der Waals surface area (Å²) in [4.78, 5) is 23.1. The predicted octanol–water partition coefficient (Wildman–Crippen LogP) is 2.68. The van der Waals surface area contributed by atoms with Gasteiger partial charge in [0.05, 0.1) is 0 Å². The van der Waals surface area contributed by atoms with Gasteiger partial charge in [0.2, 0.25) is 5.91 Å². The van der Waals surface area contributed by atoms with Crippen molar-refractivity contribution in [2.24, 2.45) is 0 Å². The average molecular weight is 292 g/mol. The van der Waals surface area contributed by atoms with Gasteiger partial charge >= 0.3 is 0 Å². The van der Waals surface area contributed by atoms with Crippen LogP contribution in [0.4, 0.5) is 5.69 Å². The van der Waals surface area contributed by atoms with Gasteiger partial charge in [-0.05, 0) is 50.4 Å². The van der Waals surface area contributed by atoms with Crippen molar-refractivity contribution >= 4 is 29.3 Å². The van der Waals surface area contributed by atoms with Crippen LogP contribution in [0.1, 0.15) is 24.2 Å². The molecule has 0 atom stereocenters. The van der Waals surface area contributed by atoms with Crippen LogP contribution in [-0.4, -0.2) is 29.4 Å². The summed E-state index contributed by atoms with van der Waals surface area (Å²) in [6.45, 7) is 8.13. The van der Waals surface area contributed by atoms with E-state index in [2.05, 4.69) is 31.1 Å². The molecule has 0 radical (unpaired) electrons. The zero-order chi connectivity index (χ0) is 15.2. The van der Waals surface area contributed by atoms with E-state index < -0.39 is 0 Å². The smallest absolute Gasteiger partial charge is 0.251 e. The molecule has 4 nitrogen and oxygen atoms in total. The van der Waals surface area contributed by atoms with Crippen LogP contribution in [-0.2, 0) is 4.79 Å². The molecule has 0 aliphatic carbocycles. The standard InChI is InChI=1S/C15H20N2O2S/c1-5-13(18)17-12-8-6-11(7-9-12)14(19)16-10-15(2,3)20-4/h5-9H,1,10H2,2-4H3,(H,16,19)(H,17,18). The Morgan fingerprint density at radius 2 is 1.90 bits per heavy atom. The lowest BCUT2D eigenvalue weighted by Gasteiger charge is -2.22. The van der Waals surface area contributed by atoms with Crippen molar-refractivity contribution in [1.82, 2.24) is 5.32 Å². The number of carbonyl (C=O) groups excluding carboxylic acids is 2. The van der Waals surface area contributed by atoms with Crippen molar-refractivity contribution in [3.8, 4) is 0 Å². The van der Waals surface area contributed by atoms with Crippen molar-refractivity contribution < 1.29 is 9.59 Å². The van der Waals surface area contributed by atoms with E-state index in [9.17, 15) is 9.59 Å². The molecule has 0 heterocycles. The summed E-state index contributed by atoms with van der Waals surface area (Å²) in [7, 11) is 0. The van der Waals surface area contributed by atoms with Crippen molar-refractivity contribution in [2.75, 3.05) is 18.1 Å². The molecule has 0 saturated carbocycles. The molecule has 0 fully saturated rings. The normalized spacial score (nSPS) is 10.8. The number of hydrogen-bond acceptors (Lipinski definition) is 3. The van der Waals surface area contributed by atoms with E-state index >= 15 is 0 Å². The second-order valence-electron chi connectivity index (χ2n) is 4.92. The Labute approximate surface area is 124 Å². The Bertz CT molecular complexity index is 495. The minimum absolute atomic E-state index is 0.00748. The summed E-state index contributed by atoms with van der Waals surface area (Å²) >= 11 is 1.70. The molecule has 0 aliphatic heterocycles. The van der Waals surface area contributed by atoms with Crippen LogP contribution in [0.2, 0.25) is 0 Å². The highest BCUT2D eigenvalue weighted by Gasteiger charge is 2.17. The first-order chi connectivity index (χ1) is 9.38. The van der Waals surface area contributed by atoms with Crippen molar-refractivity contribution in [3.63, 3.8) is 0 Å². The predicted molar refractivity (Wildman–Crippen MR) is 85.2 cm³/mol. The number of nitrogens with one attached hydrogen (secondary N) is 2. The maximum absolute atomic E-state index is 12.0. The Balaban J connectivity index is 2.62. The molecule has 20 heavy (non-hydrogen) atoms. The Morgan fingerprint density at radius 1 is 1.30 bits per heavy atom. The molecular weight excluding hydrogens is 272 g/mol. The summed E-state index contributed by atoms with van der Waals surface area (Å²) in [5, 5.41) is 5.53. The van der Waals surface area contributed by atoms with Crippen LogP contribution in [0.5, 0.6) is 0 Å². The average Bonchev–Trinajstić information content (AvgIpc) is 2.45. The fourth-order valence-corrected chi connectivity index (χ4v) is 1.58.